The standard InChI is InChI=1S/C28H29F3N2O3S/c1-21-10-12-26(13-11-21)37(35,36)33(25-9-5-8-24(19-25)28(29,30)31)20-27(34)32-16-14-23(15-17-32)18-22-6-3-2-4-7-22/h2-13,19,23H,14-18,20H2,1H3. The molecule has 0 radical (unpaired) electrons. The first kappa shape index (κ1) is 26.7. The van der Waals surface area contributed by atoms with E-state index in [4.69, 9.17) is 0 Å². The molecule has 0 N–H and O–H groups in total. The molecule has 1 amide bonds. The van der Waals surface area contributed by atoms with Crippen LogP contribution in [-0.2, 0) is 27.4 Å². The molecule has 196 valence electrons. The van der Waals surface area contributed by atoms with E-state index in [9.17, 15) is 26.4 Å². The summed E-state index contributed by atoms with van der Waals surface area (Å²) in [5, 5.41) is 0. The molecule has 1 aliphatic heterocycles. The predicted molar refractivity (Wildman–Crippen MR) is 137 cm³/mol. The van der Waals surface area contributed by atoms with Gasteiger partial charge in [-0.05, 0) is 68.0 Å². The number of hydrogen-bond donors (Lipinski definition) is 0. The van der Waals surface area contributed by atoms with E-state index in [2.05, 4.69) is 12.1 Å². The van der Waals surface area contributed by atoms with Gasteiger partial charge in [0.05, 0.1) is 16.1 Å². The van der Waals surface area contributed by atoms with Gasteiger partial charge in [0.15, 0.2) is 0 Å². The summed E-state index contributed by atoms with van der Waals surface area (Å²) in [5.74, 6) is -0.0337. The Morgan fingerprint density at radius 2 is 1.59 bits per heavy atom. The van der Waals surface area contributed by atoms with E-state index < -0.39 is 34.2 Å². The van der Waals surface area contributed by atoms with Crippen LogP contribution in [0.1, 0.15) is 29.5 Å². The summed E-state index contributed by atoms with van der Waals surface area (Å²) in [4.78, 5) is 14.8. The van der Waals surface area contributed by atoms with Crippen LogP contribution < -0.4 is 4.31 Å². The molecule has 0 unspecified atom stereocenters. The van der Waals surface area contributed by atoms with Crippen LogP contribution >= 0.6 is 0 Å². The number of piperidine rings is 1. The van der Waals surface area contributed by atoms with Crippen molar-refractivity contribution < 1.29 is 26.4 Å². The van der Waals surface area contributed by atoms with E-state index in [-0.39, 0.29) is 10.6 Å². The van der Waals surface area contributed by atoms with Crippen LogP contribution in [0.25, 0.3) is 0 Å². The molecule has 9 heteroatoms. The molecule has 3 aromatic carbocycles. The summed E-state index contributed by atoms with van der Waals surface area (Å²) in [5.41, 5.74) is 0.872. The quantitative estimate of drug-likeness (QED) is 0.394. The van der Waals surface area contributed by atoms with Gasteiger partial charge in [0, 0.05) is 13.1 Å². The molecular formula is C28H29F3N2O3S. The summed E-state index contributed by atoms with van der Waals surface area (Å²) in [6.07, 6.45) is -2.20. The Bertz CT molecular complexity index is 1320. The number of carbonyl (C=O) groups is 1. The summed E-state index contributed by atoms with van der Waals surface area (Å²) in [7, 11) is -4.30. The van der Waals surface area contributed by atoms with Crippen LogP contribution in [0.4, 0.5) is 18.9 Å². The molecule has 0 saturated carbocycles. The van der Waals surface area contributed by atoms with E-state index in [1.54, 1.807) is 24.0 Å². The Labute approximate surface area is 215 Å². The van der Waals surface area contributed by atoms with Crippen molar-refractivity contribution >= 4 is 21.6 Å². The molecule has 0 spiro atoms. The van der Waals surface area contributed by atoms with Gasteiger partial charge in [0.2, 0.25) is 5.91 Å². The molecule has 1 aliphatic rings. The number of sulfonamides is 1. The first-order valence-corrected chi connectivity index (χ1v) is 13.6. The largest absolute Gasteiger partial charge is 0.416 e. The highest BCUT2D eigenvalue weighted by Crippen LogP contribution is 2.33. The van der Waals surface area contributed by atoms with Crippen LogP contribution in [0.3, 0.4) is 0 Å². The van der Waals surface area contributed by atoms with E-state index >= 15 is 0 Å². The van der Waals surface area contributed by atoms with E-state index in [1.807, 2.05) is 18.2 Å². The molecule has 3 aromatic rings. The second-order valence-electron chi connectivity index (χ2n) is 9.39. The molecule has 0 aliphatic carbocycles. The smallest absolute Gasteiger partial charge is 0.341 e. The van der Waals surface area contributed by atoms with Crippen molar-refractivity contribution in [2.75, 3.05) is 23.9 Å². The predicted octanol–water partition coefficient (Wildman–Crippen LogP) is 5.69. The van der Waals surface area contributed by atoms with Gasteiger partial charge < -0.3 is 4.90 Å². The first-order valence-electron chi connectivity index (χ1n) is 12.1. The Hall–Kier alpha value is -3.33. The van der Waals surface area contributed by atoms with Crippen LogP contribution in [0.2, 0.25) is 0 Å². The lowest BCUT2D eigenvalue weighted by atomic mass is 9.90. The lowest BCUT2D eigenvalue weighted by Crippen LogP contribution is -2.46. The normalized spacial score (nSPS) is 15.0. The van der Waals surface area contributed by atoms with Gasteiger partial charge in [-0.2, -0.15) is 13.2 Å². The third-order valence-electron chi connectivity index (χ3n) is 6.68. The van der Waals surface area contributed by atoms with Crippen molar-refractivity contribution in [2.45, 2.75) is 37.3 Å². The van der Waals surface area contributed by atoms with Crippen molar-refractivity contribution in [3.8, 4) is 0 Å². The fraction of sp³-hybridized carbons (Fsp3) is 0.321. The number of carbonyl (C=O) groups excluding carboxylic acids is 1. The topological polar surface area (TPSA) is 57.7 Å². The van der Waals surface area contributed by atoms with Crippen LogP contribution in [0.5, 0.6) is 0 Å². The van der Waals surface area contributed by atoms with Crippen molar-refractivity contribution in [1.82, 2.24) is 4.90 Å². The van der Waals surface area contributed by atoms with E-state index in [1.165, 1.54) is 23.8 Å². The summed E-state index contributed by atoms with van der Waals surface area (Å²) >= 11 is 0. The molecule has 0 atom stereocenters. The second-order valence-corrected chi connectivity index (χ2v) is 11.2. The van der Waals surface area contributed by atoms with Gasteiger partial charge in [-0.3, -0.25) is 9.10 Å². The lowest BCUT2D eigenvalue weighted by Gasteiger charge is -2.34. The van der Waals surface area contributed by atoms with Crippen molar-refractivity contribution in [2.24, 2.45) is 5.92 Å². The second kappa shape index (κ2) is 11.0. The van der Waals surface area contributed by atoms with Crippen LogP contribution in [0, 0.1) is 12.8 Å². The van der Waals surface area contributed by atoms with Gasteiger partial charge in [-0.15, -0.1) is 0 Å². The number of nitrogens with zero attached hydrogens (tertiary/aromatic N) is 2. The van der Waals surface area contributed by atoms with Gasteiger partial charge in [-0.1, -0.05) is 54.1 Å². The van der Waals surface area contributed by atoms with E-state index in [0.717, 1.165) is 47.3 Å². The number of amides is 1. The maximum absolute atomic E-state index is 13.6. The number of rotatable bonds is 7. The zero-order chi connectivity index (χ0) is 26.6. The molecular weight excluding hydrogens is 501 g/mol. The Morgan fingerprint density at radius 1 is 0.946 bits per heavy atom. The average molecular weight is 531 g/mol. The molecule has 1 fully saturated rings. The highest BCUT2D eigenvalue weighted by Gasteiger charge is 2.34. The number of halogens is 3. The maximum Gasteiger partial charge on any atom is 0.416 e. The minimum Gasteiger partial charge on any atom is -0.341 e. The van der Waals surface area contributed by atoms with Crippen LogP contribution in [0.15, 0.2) is 83.8 Å². The van der Waals surface area contributed by atoms with Gasteiger partial charge in [0.25, 0.3) is 10.0 Å². The zero-order valence-electron chi connectivity index (χ0n) is 20.5. The summed E-state index contributed by atoms with van der Waals surface area (Å²) in [6.45, 7) is 2.15. The zero-order valence-corrected chi connectivity index (χ0v) is 21.3. The number of hydrogen-bond acceptors (Lipinski definition) is 3. The first-order chi connectivity index (χ1) is 17.5. The number of anilines is 1. The molecule has 0 aromatic heterocycles. The van der Waals surface area contributed by atoms with Gasteiger partial charge in [0.1, 0.15) is 6.54 Å². The SMILES string of the molecule is Cc1ccc(S(=O)(=O)N(CC(=O)N2CCC(Cc3ccccc3)CC2)c2cccc(C(F)(F)F)c2)cc1. The van der Waals surface area contributed by atoms with Crippen molar-refractivity contribution in [1.29, 1.82) is 0 Å². The maximum atomic E-state index is 13.6. The Balaban J connectivity index is 1.55. The molecule has 0 bridgehead atoms. The molecule has 4 rings (SSSR count). The van der Waals surface area contributed by atoms with Crippen molar-refractivity contribution in [3.05, 3.63) is 95.6 Å². The lowest BCUT2D eigenvalue weighted by molar-refractivity contribution is -0.137. The molecule has 37 heavy (non-hydrogen) atoms. The molecule has 5 nitrogen and oxygen atoms in total. The number of likely N-dealkylation sites (tertiary alicyclic amines) is 1. The summed E-state index contributed by atoms with van der Waals surface area (Å²) in [6, 6.07) is 20.2. The summed E-state index contributed by atoms with van der Waals surface area (Å²) < 4.78 is 68.1. The monoisotopic (exact) mass is 530 g/mol. The number of benzene rings is 3. The van der Waals surface area contributed by atoms with E-state index in [0.29, 0.717) is 19.0 Å². The number of alkyl halides is 3. The minimum absolute atomic E-state index is 0.0927. The highest BCUT2D eigenvalue weighted by atomic mass is 32.2. The molecule has 1 saturated heterocycles. The van der Waals surface area contributed by atoms with Crippen molar-refractivity contribution in [3.63, 3.8) is 0 Å². The van der Waals surface area contributed by atoms with Crippen LogP contribution in [-0.4, -0.2) is 38.9 Å². The average Bonchev–Trinajstić information content (AvgIpc) is 2.88. The molecule has 1 heterocycles. The van der Waals surface area contributed by atoms with Gasteiger partial charge in [-0.25, -0.2) is 8.42 Å². The third kappa shape index (κ3) is 6.52. The Kier molecular flexibility index (Phi) is 7.92. The fourth-order valence-corrected chi connectivity index (χ4v) is 5.95. The fourth-order valence-electron chi connectivity index (χ4n) is 4.55. The number of aryl methyl sites for hydroxylation is 1. The highest BCUT2D eigenvalue weighted by molar-refractivity contribution is 7.92. The van der Waals surface area contributed by atoms with Gasteiger partial charge >= 0.3 is 6.18 Å². The minimum atomic E-state index is -4.65. The third-order valence-corrected chi connectivity index (χ3v) is 8.47. The Morgan fingerprint density at radius 3 is 2.22 bits per heavy atom.